The molecule has 0 radical (unpaired) electrons. The lowest BCUT2D eigenvalue weighted by atomic mass is 10.1. The molecule has 19 heavy (non-hydrogen) atoms. The largest absolute Gasteiger partial charge is 0.354 e. The van der Waals surface area contributed by atoms with Crippen LogP contribution in [-0.4, -0.2) is 36.3 Å². The molecule has 1 aliphatic heterocycles. The van der Waals surface area contributed by atoms with Gasteiger partial charge in [0.25, 0.3) is 0 Å². The Balaban J connectivity index is 1.98. The fraction of sp³-hybridized carbons (Fsp3) is 0.333. The molecule has 1 fully saturated rings. The summed E-state index contributed by atoms with van der Waals surface area (Å²) in [7, 11) is 0. The predicted molar refractivity (Wildman–Crippen MR) is 74.4 cm³/mol. The van der Waals surface area contributed by atoms with Gasteiger partial charge in [0.2, 0.25) is 11.8 Å². The standard InChI is InChI=1S/C15H18N2O2/c1-12-3-2-4-13(11-12)5-6-15(19)17-9-7-14(18)16-8-10-17/h2-6,11H,7-10H2,1H3,(H,16,18). The fourth-order valence-electron chi connectivity index (χ4n) is 2.03. The van der Waals surface area contributed by atoms with Crippen LogP contribution in [0.25, 0.3) is 6.08 Å². The van der Waals surface area contributed by atoms with Crippen molar-refractivity contribution in [2.75, 3.05) is 19.6 Å². The molecule has 1 saturated heterocycles. The van der Waals surface area contributed by atoms with Gasteiger partial charge in [0.15, 0.2) is 0 Å². The second kappa shape index (κ2) is 6.18. The SMILES string of the molecule is Cc1cccc(C=CC(=O)N2CCNC(=O)CC2)c1. The third kappa shape index (κ3) is 3.95. The summed E-state index contributed by atoms with van der Waals surface area (Å²) in [6.07, 6.45) is 3.77. The number of nitrogens with one attached hydrogen (secondary N) is 1. The average Bonchev–Trinajstić information content (AvgIpc) is 2.61. The van der Waals surface area contributed by atoms with E-state index in [0.29, 0.717) is 26.1 Å². The van der Waals surface area contributed by atoms with Gasteiger partial charge in [-0.05, 0) is 18.6 Å². The van der Waals surface area contributed by atoms with Gasteiger partial charge < -0.3 is 10.2 Å². The van der Waals surface area contributed by atoms with E-state index in [1.54, 1.807) is 11.0 Å². The summed E-state index contributed by atoms with van der Waals surface area (Å²) in [6, 6.07) is 7.97. The first kappa shape index (κ1) is 13.3. The highest BCUT2D eigenvalue weighted by molar-refractivity contribution is 5.92. The van der Waals surface area contributed by atoms with Gasteiger partial charge in [0.1, 0.15) is 0 Å². The van der Waals surface area contributed by atoms with Crippen molar-refractivity contribution in [1.29, 1.82) is 0 Å². The van der Waals surface area contributed by atoms with Crippen molar-refractivity contribution in [3.63, 3.8) is 0 Å². The van der Waals surface area contributed by atoms with Crippen molar-refractivity contribution in [2.24, 2.45) is 0 Å². The van der Waals surface area contributed by atoms with Gasteiger partial charge >= 0.3 is 0 Å². The summed E-state index contributed by atoms with van der Waals surface area (Å²) in [5.74, 6) is -0.0315. The number of nitrogens with zero attached hydrogens (tertiary/aromatic N) is 1. The van der Waals surface area contributed by atoms with Crippen LogP contribution in [0.3, 0.4) is 0 Å². The van der Waals surface area contributed by atoms with Crippen LogP contribution < -0.4 is 5.32 Å². The third-order valence-corrected chi connectivity index (χ3v) is 3.08. The van der Waals surface area contributed by atoms with Crippen LogP contribution in [0.2, 0.25) is 0 Å². The van der Waals surface area contributed by atoms with Crippen LogP contribution in [0.4, 0.5) is 0 Å². The van der Waals surface area contributed by atoms with Gasteiger partial charge in [0.05, 0.1) is 0 Å². The number of carbonyl (C=O) groups is 2. The number of carbonyl (C=O) groups excluding carboxylic acids is 2. The monoisotopic (exact) mass is 258 g/mol. The van der Waals surface area contributed by atoms with Crippen molar-refractivity contribution >= 4 is 17.9 Å². The molecule has 0 saturated carbocycles. The minimum atomic E-state index is -0.0435. The Bertz CT molecular complexity index is 509. The average molecular weight is 258 g/mol. The highest BCUT2D eigenvalue weighted by Crippen LogP contribution is 2.07. The van der Waals surface area contributed by atoms with Gasteiger partial charge in [0, 0.05) is 32.1 Å². The van der Waals surface area contributed by atoms with Crippen LogP contribution in [0.1, 0.15) is 17.5 Å². The van der Waals surface area contributed by atoms with E-state index in [1.165, 1.54) is 5.56 Å². The molecule has 0 bridgehead atoms. The first-order chi connectivity index (χ1) is 9.15. The molecular weight excluding hydrogens is 240 g/mol. The van der Waals surface area contributed by atoms with Gasteiger partial charge in [-0.1, -0.05) is 29.8 Å². The fourth-order valence-corrected chi connectivity index (χ4v) is 2.03. The lowest BCUT2D eigenvalue weighted by molar-refractivity contribution is -0.125. The molecule has 2 amide bonds. The zero-order valence-corrected chi connectivity index (χ0v) is 11.1. The topological polar surface area (TPSA) is 49.4 Å². The van der Waals surface area contributed by atoms with Gasteiger partial charge in [-0.2, -0.15) is 0 Å². The van der Waals surface area contributed by atoms with Crippen molar-refractivity contribution < 1.29 is 9.59 Å². The number of hydrogen-bond donors (Lipinski definition) is 1. The molecule has 0 spiro atoms. The predicted octanol–water partition coefficient (Wildman–Crippen LogP) is 1.36. The van der Waals surface area contributed by atoms with Crippen molar-refractivity contribution in [2.45, 2.75) is 13.3 Å². The van der Waals surface area contributed by atoms with E-state index in [0.717, 1.165) is 5.56 Å². The quantitative estimate of drug-likeness (QED) is 0.814. The zero-order chi connectivity index (χ0) is 13.7. The first-order valence-electron chi connectivity index (χ1n) is 6.45. The summed E-state index contributed by atoms with van der Waals surface area (Å²) in [5.41, 5.74) is 2.18. The van der Waals surface area contributed by atoms with Gasteiger partial charge in [-0.3, -0.25) is 9.59 Å². The van der Waals surface area contributed by atoms with Crippen LogP contribution in [0, 0.1) is 6.92 Å². The normalized spacial score (nSPS) is 16.3. The molecule has 1 aliphatic rings. The van der Waals surface area contributed by atoms with E-state index in [-0.39, 0.29) is 11.8 Å². The Morgan fingerprint density at radius 1 is 1.37 bits per heavy atom. The van der Waals surface area contributed by atoms with Crippen LogP contribution in [0.5, 0.6) is 0 Å². The Morgan fingerprint density at radius 3 is 3.00 bits per heavy atom. The lowest BCUT2D eigenvalue weighted by Gasteiger charge is -2.17. The molecule has 100 valence electrons. The smallest absolute Gasteiger partial charge is 0.246 e. The number of hydrogen-bond acceptors (Lipinski definition) is 2. The summed E-state index contributed by atoms with van der Waals surface area (Å²) in [4.78, 5) is 24.9. The Morgan fingerprint density at radius 2 is 2.21 bits per heavy atom. The van der Waals surface area contributed by atoms with Crippen molar-refractivity contribution in [3.05, 3.63) is 41.5 Å². The van der Waals surface area contributed by atoms with E-state index in [1.807, 2.05) is 37.3 Å². The van der Waals surface area contributed by atoms with Crippen LogP contribution in [0.15, 0.2) is 30.3 Å². The third-order valence-electron chi connectivity index (χ3n) is 3.08. The molecule has 2 rings (SSSR count). The summed E-state index contributed by atoms with van der Waals surface area (Å²) < 4.78 is 0. The Hall–Kier alpha value is -2.10. The molecule has 0 unspecified atom stereocenters. The highest BCUT2D eigenvalue weighted by Gasteiger charge is 2.16. The maximum atomic E-state index is 12.0. The summed E-state index contributed by atoms with van der Waals surface area (Å²) in [6.45, 7) is 3.61. The molecule has 0 aliphatic carbocycles. The van der Waals surface area contributed by atoms with E-state index >= 15 is 0 Å². The summed E-state index contributed by atoms with van der Waals surface area (Å²) in [5, 5.41) is 2.75. The van der Waals surface area contributed by atoms with E-state index in [4.69, 9.17) is 0 Å². The zero-order valence-electron chi connectivity index (χ0n) is 11.1. The summed E-state index contributed by atoms with van der Waals surface area (Å²) >= 11 is 0. The molecule has 1 heterocycles. The van der Waals surface area contributed by atoms with E-state index in [9.17, 15) is 9.59 Å². The molecule has 1 N–H and O–H groups in total. The molecular formula is C15H18N2O2. The number of benzene rings is 1. The maximum Gasteiger partial charge on any atom is 0.246 e. The maximum absolute atomic E-state index is 12.0. The molecule has 4 nitrogen and oxygen atoms in total. The van der Waals surface area contributed by atoms with Crippen molar-refractivity contribution in [1.82, 2.24) is 10.2 Å². The first-order valence-corrected chi connectivity index (χ1v) is 6.45. The van der Waals surface area contributed by atoms with Crippen LogP contribution in [-0.2, 0) is 9.59 Å². The van der Waals surface area contributed by atoms with Crippen LogP contribution >= 0.6 is 0 Å². The molecule has 4 heteroatoms. The minimum Gasteiger partial charge on any atom is -0.354 e. The van der Waals surface area contributed by atoms with Gasteiger partial charge in [-0.15, -0.1) is 0 Å². The number of rotatable bonds is 2. The molecule has 0 aromatic heterocycles. The number of aryl methyl sites for hydroxylation is 1. The molecule has 0 atom stereocenters. The lowest BCUT2D eigenvalue weighted by Crippen LogP contribution is -2.32. The Kier molecular flexibility index (Phi) is 4.34. The molecule has 1 aromatic rings. The Labute approximate surface area is 113 Å². The molecule has 1 aromatic carbocycles. The van der Waals surface area contributed by atoms with E-state index < -0.39 is 0 Å². The number of amides is 2. The second-order valence-corrected chi connectivity index (χ2v) is 4.67. The van der Waals surface area contributed by atoms with Crippen molar-refractivity contribution in [3.8, 4) is 0 Å². The second-order valence-electron chi connectivity index (χ2n) is 4.67. The van der Waals surface area contributed by atoms with Gasteiger partial charge in [-0.25, -0.2) is 0 Å². The van der Waals surface area contributed by atoms with E-state index in [2.05, 4.69) is 5.32 Å². The highest BCUT2D eigenvalue weighted by atomic mass is 16.2. The minimum absolute atomic E-state index is 0.0120.